The van der Waals surface area contributed by atoms with E-state index in [2.05, 4.69) is 59.2 Å². The maximum Gasteiger partial charge on any atom is 0.0645 e. The summed E-state index contributed by atoms with van der Waals surface area (Å²) in [6, 6.07) is 18.9. The van der Waals surface area contributed by atoms with Gasteiger partial charge in [-0.3, -0.25) is 0 Å². The predicted octanol–water partition coefficient (Wildman–Crippen LogP) is 9.94. The Kier molecular flexibility index (Phi) is 2.94. The molecule has 2 aromatic heterocycles. The van der Waals surface area contributed by atoms with Crippen molar-refractivity contribution >= 4 is 43.6 Å². The van der Waals surface area contributed by atoms with Crippen LogP contribution in [0.2, 0.25) is 0 Å². The topological polar surface area (TPSA) is 9.86 Å². The molecule has 3 heterocycles. The number of hydrogen-bond donors (Lipinski definition) is 0. The van der Waals surface area contributed by atoms with Crippen LogP contribution in [0.5, 0.6) is 0 Å². The molecule has 4 bridgehead atoms. The van der Waals surface area contributed by atoms with E-state index >= 15 is 0 Å². The van der Waals surface area contributed by atoms with Crippen molar-refractivity contribution in [2.45, 2.75) is 37.5 Å². The van der Waals surface area contributed by atoms with E-state index in [1.54, 1.807) is 4.57 Å². The van der Waals surface area contributed by atoms with E-state index in [1.165, 1.54) is 54.4 Å². The molecule has 5 aromatic carbocycles. The highest BCUT2D eigenvalue weighted by molar-refractivity contribution is 6.14. The third kappa shape index (κ3) is 2.48. The molecule has 0 unspecified atom stereocenters. The van der Waals surface area contributed by atoms with E-state index in [4.69, 9.17) is 8.22 Å². The highest BCUT2D eigenvalue weighted by atomic mass is 15.0. The molecule has 2 nitrogen and oxygen atoms in total. The summed E-state index contributed by atoms with van der Waals surface area (Å²) in [7, 11) is 0. The Morgan fingerprint density at radius 1 is 0.571 bits per heavy atom. The molecule has 0 N–H and O–H groups in total. The van der Waals surface area contributed by atoms with E-state index in [9.17, 15) is 2.74 Å². The van der Waals surface area contributed by atoms with Crippen LogP contribution in [-0.4, -0.2) is 9.13 Å². The second-order valence-corrected chi connectivity index (χ2v) is 13.2. The molecule has 5 aliphatic rings. The maximum atomic E-state index is 9.19. The molecule has 202 valence electrons. The quantitative estimate of drug-likeness (QED) is 0.193. The Balaban J connectivity index is 1.37. The molecule has 4 fully saturated rings. The van der Waals surface area contributed by atoms with E-state index in [1.807, 2.05) is 6.07 Å². The molecule has 0 radical (unpaired) electrons. The van der Waals surface area contributed by atoms with Crippen molar-refractivity contribution in [1.29, 1.82) is 0 Å². The smallest absolute Gasteiger partial charge is 0.0645 e. The molecule has 0 amide bonds. The Morgan fingerprint density at radius 2 is 1.21 bits per heavy atom. The minimum absolute atomic E-state index is 0.115. The summed E-state index contributed by atoms with van der Waals surface area (Å²) in [6.07, 6.45) is 6.06. The fourth-order valence-electron chi connectivity index (χ4n) is 10.4. The first-order chi connectivity index (χ1) is 24.1. The molecule has 0 saturated heterocycles. The maximum absolute atomic E-state index is 9.19. The predicted molar refractivity (Wildman–Crippen MR) is 173 cm³/mol. The van der Waals surface area contributed by atoms with Crippen molar-refractivity contribution < 1.29 is 11.0 Å². The van der Waals surface area contributed by atoms with Crippen LogP contribution >= 0.6 is 0 Å². The number of fused-ring (bicyclic) bond motifs is 8. The minimum Gasteiger partial charge on any atom is -0.309 e. The lowest BCUT2D eigenvalue weighted by atomic mass is 9.41. The summed E-state index contributed by atoms with van der Waals surface area (Å²) in [5.41, 5.74) is 6.82. The molecule has 0 atom stereocenters. The third-order valence-electron chi connectivity index (χ3n) is 11.5. The SMILES string of the molecule is [2H]c1c([2H])c([2H])c2c(c1[2H])c1c([2H])c([2H])c([2H])c([2H])c1n2-c1cc2c3c(c1)c1ccccc1n3-c1ccccc1C21C2CC3CC(C2)CC1C3. The van der Waals surface area contributed by atoms with E-state index < -0.39 is 24.2 Å². The van der Waals surface area contributed by atoms with Gasteiger partial charge in [-0.15, -0.1) is 0 Å². The average molecular weight is 549 g/mol. The fourth-order valence-corrected chi connectivity index (χ4v) is 10.4. The lowest BCUT2D eigenvalue weighted by molar-refractivity contribution is -0.0418. The van der Waals surface area contributed by atoms with E-state index in [0.717, 1.165) is 28.1 Å². The lowest BCUT2D eigenvalue weighted by Crippen LogP contribution is -2.57. The van der Waals surface area contributed by atoms with Crippen LogP contribution in [0.15, 0.2) is 109 Å². The summed E-state index contributed by atoms with van der Waals surface area (Å²) in [6.45, 7) is 0. The summed E-state index contributed by atoms with van der Waals surface area (Å²) < 4.78 is 74.9. The van der Waals surface area contributed by atoms with Gasteiger partial charge in [0.1, 0.15) is 0 Å². The van der Waals surface area contributed by atoms with Gasteiger partial charge in [-0.25, -0.2) is 0 Å². The van der Waals surface area contributed by atoms with Crippen LogP contribution < -0.4 is 0 Å². The Bertz CT molecular complexity index is 2620. The van der Waals surface area contributed by atoms with Crippen molar-refractivity contribution in [3.8, 4) is 11.4 Å². The number of nitrogens with zero attached hydrogens (tertiary/aromatic N) is 2. The highest BCUT2D eigenvalue weighted by Gasteiger charge is 2.61. The van der Waals surface area contributed by atoms with Crippen molar-refractivity contribution in [2.75, 3.05) is 0 Å². The van der Waals surface area contributed by atoms with Gasteiger partial charge >= 0.3 is 0 Å². The summed E-state index contributed by atoms with van der Waals surface area (Å²) in [4.78, 5) is 0. The number of hydrogen-bond acceptors (Lipinski definition) is 0. The molecule has 7 aromatic rings. The van der Waals surface area contributed by atoms with E-state index in [0.29, 0.717) is 17.5 Å². The highest BCUT2D eigenvalue weighted by Crippen LogP contribution is 2.68. The third-order valence-corrected chi connectivity index (χ3v) is 11.5. The van der Waals surface area contributed by atoms with Crippen LogP contribution in [0.4, 0.5) is 0 Å². The summed E-state index contributed by atoms with van der Waals surface area (Å²) >= 11 is 0. The summed E-state index contributed by atoms with van der Waals surface area (Å²) in [5.74, 6) is 2.40. The molecule has 4 saturated carbocycles. The Labute approximate surface area is 256 Å². The number of benzene rings is 5. The van der Waals surface area contributed by atoms with Crippen LogP contribution in [0.3, 0.4) is 0 Å². The zero-order valence-electron chi connectivity index (χ0n) is 31.0. The standard InChI is InChI=1S/C40H32N2/c1-5-13-35-29(9-1)30-10-2-6-14-36(30)41(35)28-22-32-31-11-3-7-15-37(31)42-38-16-8-4-12-33(38)40(34(23-28)39(32)42)26-18-24-17-25(20-26)21-27(40)19-24/h1-16,22-27H,17-21H2/i1D,2D,5D,6D,9D,10D,13D,14D. The van der Waals surface area contributed by atoms with Gasteiger partial charge in [0.25, 0.3) is 0 Å². The first-order valence-electron chi connectivity index (χ1n) is 19.3. The Morgan fingerprint density at radius 3 is 1.95 bits per heavy atom. The second-order valence-electron chi connectivity index (χ2n) is 13.2. The molecule has 4 aliphatic carbocycles. The molecule has 2 heteroatoms. The van der Waals surface area contributed by atoms with Gasteiger partial charge in [0.05, 0.1) is 38.7 Å². The average Bonchev–Trinajstić information content (AvgIpc) is 3.66. The zero-order chi connectivity index (χ0) is 34.1. The number of para-hydroxylation sites is 4. The largest absolute Gasteiger partial charge is 0.309 e. The van der Waals surface area contributed by atoms with E-state index in [-0.39, 0.29) is 51.4 Å². The first kappa shape index (κ1) is 16.4. The minimum atomic E-state index is -0.424. The number of aromatic nitrogens is 2. The molecule has 42 heavy (non-hydrogen) atoms. The van der Waals surface area contributed by atoms with Gasteiger partial charge in [0.2, 0.25) is 0 Å². The molecular weight excluding hydrogens is 508 g/mol. The van der Waals surface area contributed by atoms with Crippen LogP contribution in [0, 0.1) is 23.7 Å². The monoisotopic (exact) mass is 548 g/mol. The molecule has 12 rings (SSSR count). The molecular formula is C40H32N2. The summed E-state index contributed by atoms with van der Waals surface area (Å²) in [5, 5.41) is 2.34. The Hall–Kier alpha value is -4.30. The second kappa shape index (κ2) is 7.55. The van der Waals surface area contributed by atoms with Crippen LogP contribution in [0.25, 0.3) is 55.0 Å². The van der Waals surface area contributed by atoms with Crippen molar-refractivity contribution in [2.24, 2.45) is 23.7 Å². The normalized spacial score (nSPS) is 29.8. The van der Waals surface area contributed by atoms with Gasteiger partial charge < -0.3 is 9.13 Å². The van der Waals surface area contributed by atoms with Crippen molar-refractivity contribution in [3.05, 3.63) is 120 Å². The van der Waals surface area contributed by atoms with Crippen molar-refractivity contribution in [3.63, 3.8) is 0 Å². The van der Waals surface area contributed by atoms with Gasteiger partial charge in [-0.2, -0.15) is 0 Å². The number of rotatable bonds is 1. The first-order valence-corrected chi connectivity index (χ1v) is 15.3. The fraction of sp³-hybridized carbons (Fsp3) is 0.250. The van der Waals surface area contributed by atoms with Crippen LogP contribution in [0.1, 0.15) is 54.2 Å². The van der Waals surface area contributed by atoms with Gasteiger partial charge in [-0.1, -0.05) is 72.7 Å². The van der Waals surface area contributed by atoms with Crippen LogP contribution in [-0.2, 0) is 5.41 Å². The zero-order valence-corrected chi connectivity index (χ0v) is 23.0. The van der Waals surface area contributed by atoms with Gasteiger partial charge in [0.15, 0.2) is 0 Å². The van der Waals surface area contributed by atoms with Crippen molar-refractivity contribution in [1.82, 2.24) is 9.13 Å². The van der Waals surface area contributed by atoms with Gasteiger partial charge in [0, 0.05) is 32.6 Å². The van der Waals surface area contributed by atoms with Gasteiger partial charge in [-0.05, 0) is 103 Å². The molecule has 1 spiro atoms. The lowest BCUT2D eigenvalue weighted by Gasteiger charge is -2.63. The molecule has 1 aliphatic heterocycles.